The van der Waals surface area contributed by atoms with Crippen LogP contribution < -0.4 is 0 Å². The fourth-order valence-electron chi connectivity index (χ4n) is 0. The van der Waals surface area contributed by atoms with Crippen LogP contribution >= 0.6 is 0 Å². The first-order valence-electron chi connectivity index (χ1n) is 1.34. The Morgan fingerprint density at radius 3 is 0.357 bits per heavy atom. The third kappa shape index (κ3) is 98.8. The quantitative estimate of drug-likeness (QED) is 0.521. The first kappa shape index (κ1) is 106. The summed E-state index contributed by atoms with van der Waals surface area (Å²) >= 11 is 0. The van der Waals surface area contributed by atoms with E-state index in [2.05, 4.69) is 0 Å². The van der Waals surface area contributed by atoms with Crippen molar-refractivity contribution in [3.8, 4) is 0 Å². The van der Waals surface area contributed by atoms with Gasteiger partial charge >= 0.3 is 16.8 Å². The third-order valence-corrected chi connectivity index (χ3v) is 0. The molecule has 0 radical (unpaired) electrons. The molecule has 0 aliphatic rings. The molecule has 0 aliphatic carbocycles. The van der Waals surface area contributed by atoms with Gasteiger partial charge in [0.15, 0.2) is 0 Å². The molecule has 0 fully saturated rings. The van der Waals surface area contributed by atoms with Crippen molar-refractivity contribution in [3.63, 3.8) is 0 Å². The maximum absolute atomic E-state index is 6.25. The van der Waals surface area contributed by atoms with Gasteiger partial charge in [-0.2, -0.15) is 0 Å². The third-order valence-electron chi connectivity index (χ3n) is 0. The summed E-state index contributed by atoms with van der Waals surface area (Å²) in [7, 11) is 0. The second-order valence-electron chi connectivity index (χ2n) is 0. The smallest absolute Gasteiger partial charge is 0.512 e. The van der Waals surface area contributed by atoms with E-state index in [1.807, 2.05) is 0 Å². The first-order valence-corrected chi connectivity index (χ1v) is 1.34. The minimum Gasteiger partial charge on any atom is -0.512 e. The largest absolute Gasteiger partial charge is 3.00 e. The van der Waals surface area contributed by atoms with Gasteiger partial charge in [-0.05, 0) is 0 Å². The Bertz CT molecular complexity index is 97.3. The van der Waals surface area contributed by atoms with Crippen molar-refractivity contribution in [2.45, 2.75) is 0 Å². The number of rotatable bonds is 0. The Kier molecular flexibility index (Phi) is 1040. The average molecular weight is 233 g/mol. The Hall–Kier alpha value is -2.59. The normalized spacial score (nSPS) is 0.857. The summed E-state index contributed by atoms with van der Waals surface area (Å²) in [6.07, 6.45) is 0. The molecule has 0 aromatic rings. The molecule has 0 saturated carbocycles. The van der Waals surface area contributed by atoms with Crippen molar-refractivity contribution in [3.05, 3.63) is 39.4 Å². The molecule has 0 rings (SSSR count). The van der Waals surface area contributed by atoms with Crippen LogP contribution in [0.3, 0.4) is 0 Å². The molecule has 0 aromatic heterocycles. The monoisotopic (exact) mass is 233 g/mol. The SMILES string of the molecule is O.[C-]#N.[C-]#N.[C-]#N.[C-]#N.[C-]#N.[C-]#N.[Co+3]. The topological polar surface area (TPSA) is 174 Å². The van der Waals surface area contributed by atoms with Crippen molar-refractivity contribution in [1.82, 2.24) is 0 Å². The van der Waals surface area contributed by atoms with Crippen LogP contribution in [0.15, 0.2) is 0 Å². The van der Waals surface area contributed by atoms with E-state index >= 15 is 0 Å². The minimum absolute atomic E-state index is 0. The maximum atomic E-state index is 6.25. The van der Waals surface area contributed by atoms with E-state index in [1.54, 1.807) is 0 Å². The van der Waals surface area contributed by atoms with Gasteiger partial charge in [-0.25, -0.2) is 0 Å². The van der Waals surface area contributed by atoms with Crippen LogP contribution in [0.25, 0.3) is 0 Å². The summed E-state index contributed by atoms with van der Waals surface area (Å²) in [5, 5.41) is 37.5. The predicted molar refractivity (Wildman–Crippen MR) is 33.4 cm³/mol. The zero-order valence-corrected chi connectivity index (χ0v) is 7.56. The Morgan fingerprint density at radius 1 is 0.357 bits per heavy atom. The summed E-state index contributed by atoms with van der Waals surface area (Å²) < 4.78 is 0. The summed E-state index contributed by atoms with van der Waals surface area (Å²) in [5.41, 5.74) is 0. The van der Waals surface area contributed by atoms with Crippen LogP contribution in [0.4, 0.5) is 0 Å². The van der Waals surface area contributed by atoms with Gasteiger partial charge < -0.3 is 76.5 Å². The van der Waals surface area contributed by atoms with Gasteiger partial charge in [0.25, 0.3) is 0 Å². The molecule has 8 heteroatoms. The molecule has 0 spiro atoms. The number of hydrogen-bond acceptors (Lipinski definition) is 6. The molecular weight excluding hydrogens is 231 g/mol. The van der Waals surface area contributed by atoms with E-state index in [0.717, 1.165) is 0 Å². The first-order chi connectivity index (χ1) is 6.00. The zero-order valence-electron chi connectivity index (χ0n) is 6.52. The molecule has 14 heavy (non-hydrogen) atoms. The fraction of sp³-hybridized carbons (Fsp3) is 0. The van der Waals surface area contributed by atoms with E-state index in [1.165, 1.54) is 0 Å². The van der Waals surface area contributed by atoms with Gasteiger partial charge in [0.05, 0.1) is 0 Å². The molecule has 74 valence electrons. The zero-order chi connectivity index (χ0) is 12.0. The second-order valence-corrected chi connectivity index (χ2v) is 0. The van der Waals surface area contributed by atoms with Crippen LogP contribution in [-0.2, 0) is 16.8 Å². The van der Waals surface area contributed by atoms with E-state index in [-0.39, 0.29) is 22.3 Å². The predicted octanol–water partition coefficient (Wildman–Crippen LogP) is -0.249. The van der Waals surface area contributed by atoms with Crippen molar-refractivity contribution in [2.75, 3.05) is 0 Å². The fourth-order valence-corrected chi connectivity index (χ4v) is 0. The Balaban J connectivity index is -0.00000000500. The molecular formula is C6H2CoN6O-3. The Labute approximate surface area is 93.7 Å². The summed E-state index contributed by atoms with van der Waals surface area (Å²) in [4.78, 5) is 0. The maximum Gasteiger partial charge on any atom is 3.00 e. The average Bonchev–Trinajstić information content (AvgIpc) is 2.33. The molecule has 0 aliphatic heterocycles. The number of hydrogen-bond donors (Lipinski definition) is 0. The van der Waals surface area contributed by atoms with Gasteiger partial charge in [0, 0.05) is 0 Å². The van der Waals surface area contributed by atoms with Crippen molar-refractivity contribution in [1.29, 1.82) is 31.6 Å². The van der Waals surface area contributed by atoms with E-state index in [0.29, 0.717) is 0 Å². The summed E-state index contributed by atoms with van der Waals surface area (Å²) in [6, 6.07) is 0. The molecule has 0 unspecified atom stereocenters. The van der Waals surface area contributed by atoms with Crippen molar-refractivity contribution >= 4 is 0 Å². The van der Waals surface area contributed by atoms with E-state index < -0.39 is 0 Å². The minimum atomic E-state index is 0. The molecule has 0 atom stereocenters. The molecule has 7 nitrogen and oxygen atoms in total. The van der Waals surface area contributed by atoms with Gasteiger partial charge in [0.1, 0.15) is 0 Å². The van der Waals surface area contributed by atoms with Crippen LogP contribution in [0.1, 0.15) is 0 Å². The van der Waals surface area contributed by atoms with Crippen molar-refractivity contribution < 1.29 is 22.3 Å². The molecule has 0 aromatic carbocycles. The molecule has 0 bridgehead atoms. The Morgan fingerprint density at radius 2 is 0.357 bits per heavy atom. The van der Waals surface area contributed by atoms with E-state index in [4.69, 9.17) is 71.0 Å². The van der Waals surface area contributed by atoms with Crippen LogP contribution in [0.2, 0.25) is 0 Å². The van der Waals surface area contributed by atoms with Crippen LogP contribution in [0.5, 0.6) is 0 Å². The van der Waals surface area contributed by atoms with Gasteiger partial charge in [-0.15, -0.1) is 0 Å². The van der Waals surface area contributed by atoms with Crippen LogP contribution in [0, 0.1) is 71.0 Å². The van der Waals surface area contributed by atoms with Gasteiger partial charge in [-0.1, -0.05) is 0 Å². The standard InChI is InChI=1S/6CN.Co.H2O/c6*1-2;;/h;;;;;;;1H2/q6*-1;+3;. The molecule has 0 amide bonds. The second kappa shape index (κ2) is 137. The van der Waals surface area contributed by atoms with E-state index in [9.17, 15) is 0 Å². The van der Waals surface area contributed by atoms with Gasteiger partial charge in [0.2, 0.25) is 0 Å². The summed E-state index contributed by atoms with van der Waals surface area (Å²) in [6.45, 7) is 28.5. The van der Waals surface area contributed by atoms with Gasteiger partial charge in [-0.3, -0.25) is 0 Å². The van der Waals surface area contributed by atoms with Crippen molar-refractivity contribution in [2.24, 2.45) is 0 Å². The molecule has 2 N–H and O–H groups in total. The number of nitrogens with zero attached hydrogens (tertiary/aromatic N) is 6. The molecule has 0 heterocycles. The summed E-state index contributed by atoms with van der Waals surface area (Å²) in [5.74, 6) is 0. The molecule has 0 saturated heterocycles. The van der Waals surface area contributed by atoms with Crippen LogP contribution in [-0.4, -0.2) is 5.48 Å².